The highest BCUT2D eigenvalue weighted by atomic mass is 16.5. The number of benzene rings is 2. The van der Waals surface area contributed by atoms with Gasteiger partial charge in [0.2, 0.25) is 0 Å². The zero-order valence-electron chi connectivity index (χ0n) is 12.9. The van der Waals surface area contributed by atoms with Crippen LogP contribution in [-0.2, 0) is 0 Å². The minimum absolute atomic E-state index is 0.238. The fraction of sp³-hybridized carbons (Fsp3) is 0.118. The van der Waals surface area contributed by atoms with Crippen LogP contribution < -0.4 is 15.0 Å². The Hall–Kier alpha value is -3.15. The van der Waals surface area contributed by atoms with Crippen LogP contribution >= 0.6 is 0 Å². The lowest BCUT2D eigenvalue weighted by atomic mass is 10.2. The molecule has 0 aliphatic heterocycles. The summed E-state index contributed by atoms with van der Waals surface area (Å²) in [6.07, 6.45) is 3.26. The molecule has 3 aromatic rings. The maximum Gasteiger partial charge on any atom is 0.326 e. The number of rotatable bonds is 3. The number of nitrogens with one attached hydrogen (secondary N) is 1. The molecule has 0 fully saturated rings. The van der Waals surface area contributed by atoms with Crippen molar-refractivity contribution in [3.8, 4) is 5.75 Å². The molecule has 23 heavy (non-hydrogen) atoms. The Kier molecular flexibility index (Phi) is 4.05. The van der Waals surface area contributed by atoms with Crippen molar-refractivity contribution in [3.05, 3.63) is 54.9 Å². The SMILES string of the molecule is COc1ccc(N(C)C(=O)Nc2ccc3nccnc3c2)cc1. The number of nitrogens with zero attached hydrogens (tertiary/aromatic N) is 3. The van der Waals surface area contributed by atoms with Crippen molar-refractivity contribution in [3.63, 3.8) is 0 Å². The zero-order valence-corrected chi connectivity index (χ0v) is 12.9. The first kappa shape index (κ1) is 14.8. The van der Waals surface area contributed by atoms with Crippen LogP contribution in [-0.4, -0.2) is 30.2 Å². The summed E-state index contributed by atoms with van der Waals surface area (Å²) in [7, 11) is 3.31. The summed E-state index contributed by atoms with van der Waals surface area (Å²) in [6.45, 7) is 0. The highest BCUT2D eigenvalue weighted by Crippen LogP contribution is 2.20. The van der Waals surface area contributed by atoms with E-state index in [-0.39, 0.29) is 6.03 Å². The molecule has 6 nitrogen and oxygen atoms in total. The largest absolute Gasteiger partial charge is 0.497 e. The van der Waals surface area contributed by atoms with E-state index in [1.807, 2.05) is 30.3 Å². The quantitative estimate of drug-likeness (QED) is 0.806. The van der Waals surface area contributed by atoms with Crippen LogP contribution in [0.1, 0.15) is 0 Å². The molecule has 0 atom stereocenters. The fourth-order valence-electron chi connectivity index (χ4n) is 2.17. The number of methoxy groups -OCH3 is 1. The molecular weight excluding hydrogens is 292 g/mol. The molecule has 0 unspecified atom stereocenters. The molecule has 0 aliphatic rings. The number of hydrogen-bond acceptors (Lipinski definition) is 4. The van der Waals surface area contributed by atoms with E-state index in [4.69, 9.17) is 4.74 Å². The van der Waals surface area contributed by atoms with Crippen molar-refractivity contribution in [1.82, 2.24) is 9.97 Å². The van der Waals surface area contributed by atoms with Gasteiger partial charge in [-0.15, -0.1) is 0 Å². The third-order valence-corrected chi connectivity index (χ3v) is 3.48. The molecule has 0 saturated heterocycles. The summed E-state index contributed by atoms with van der Waals surface area (Å²) in [6, 6.07) is 12.5. The second-order valence-electron chi connectivity index (χ2n) is 4.95. The number of carbonyl (C=O) groups excluding carboxylic acids is 1. The molecule has 2 aromatic carbocycles. The molecule has 2 amide bonds. The summed E-state index contributed by atoms with van der Waals surface area (Å²) in [5.74, 6) is 0.746. The third kappa shape index (κ3) is 3.21. The van der Waals surface area contributed by atoms with Crippen molar-refractivity contribution in [2.24, 2.45) is 0 Å². The van der Waals surface area contributed by atoms with Crippen molar-refractivity contribution >= 4 is 28.4 Å². The monoisotopic (exact) mass is 308 g/mol. The van der Waals surface area contributed by atoms with Crippen molar-refractivity contribution in [2.75, 3.05) is 24.4 Å². The van der Waals surface area contributed by atoms with Gasteiger partial charge < -0.3 is 10.1 Å². The van der Waals surface area contributed by atoms with Gasteiger partial charge >= 0.3 is 6.03 Å². The Balaban J connectivity index is 1.76. The Morgan fingerprint density at radius 3 is 2.43 bits per heavy atom. The number of ether oxygens (including phenoxy) is 1. The first-order chi connectivity index (χ1) is 11.2. The first-order valence-electron chi connectivity index (χ1n) is 7.07. The molecule has 0 bridgehead atoms. The van der Waals surface area contributed by atoms with Gasteiger partial charge in [0.05, 0.1) is 18.1 Å². The van der Waals surface area contributed by atoms with E-state index in [2.05, 4.69) is 15.3 Å². The van der Waals surface area contributed by atoms with Crippen LogP contribution in [0.25, 0.3) is 11.0 Å². The van der Waals surface area contributed by atoms with Gasteiger partial charge in [0.25, 0.3) is 0 Å². The number of carbonyl (C=O) groups is 1. The number of anilines is 2. The van der Waals surface area contributed by atoms with E-state index in [1.165, 1.54) is 4.90 Å². The molecule has 0 aliphatic carbocycles. The van der Waals surface area contributed by atoms with Gasteiger partial charge in [-0.25, -0.2) is 4.79 Å². The molecule has 3 rings (SSSR count). The van der Waals surface area contributed by atoms with E-state index in [1.54, 1.807) is 38.7 Å². The van der Waals surface area contributed by atoms with E-state index in [0.717, 1.165) is 22.5 Å². The highest BCUT2D eigenvalue weighted by Gasteiger charge is 2.11. The normalized spacial score (nSPS) is 10.3. The lowest BCUT2D eigenvalue weighted by Crippen LogP contribution is -2.31. The smallest absolute Gasteiger partial charge is 0.326 e. The van der Waals surface area contributed by atoms with Crippen molar-refractivity contribution in [1.29, 1.82) is 0 Å². The summed E-state index contributed by atoms with van der Waals surface area (Å²) < 4.78 is 5.11. The number of hydrogen-bond donors (Lipinski definition) is 1. The van der Waals surface area contributed by atoms with Crippen molar-refractivity contribution < 1.29 is 9.53 Å². The molecule has 6 heteroatoms. The van der Waals surface area contributed by atoms with Gasteiger partial charge in [0.15, 0.2) is 0 Å². The fourth-order valence-corrected chi connectivity index (χ4v) is 2.17. The third-order valence-electron chi connectivity index (χ3n) is 3.48. The van der Waals surface area contributed by atoms with Crippen LogP contribution in [0.15, 0.2) is 54.9 Å². The lowest BCUT2D eigenvalue weighted by molar-refractivity contribution is 0.258. The van der Waals surface area contributed by atoms with E-state index < -0.39 is 0 Å². The topological polar surface area (TPSA) is 67.3 Å². The zero-order chi connectivity index (χ0) is 16.2. The van der Waals surface area contributed by atoms with Gasteiger partial charge in [-0.2, -0.15) is 0 Å². The van der Waals surface area contributed by atoms with Crippen LogP contribution in [0, 0.1) is 0 Å². The maximum absolute atomic E-state index is 12.4. The van der Waals surface area contributed by atoms with Gasteiger partial charge in [0.1, 0.15) is 5.75 Å². The standard InChI is InChI=1S/C17H16N4O2/c1-21(13-4-6-14(23-2)7-5-13)17(22)20-12-3-8-15-16(11-12)19-10-9-18-15/h3-11H,1-2H3,(H,20,22). The summed E-state index contributed by atoms with van der Waals surface area (Å²) in [5, 5.41) is 2.85. The predicted octanol–water partition coefficient (Wildman–Crippen LogP) is 3.31. The Labute approximate surface area is 133 Å². The number of urea groups is 1. The van der Waals surface area contributed by atoms with Crippen LogP contribution in [0.2, 0.25) is 0 Å². The predicted molar refractivity (Wildman–Crippen MR) is 90.0 cm³/mol. The molecule has 0 radical (unpaired) electrons. The van der Waals surface area contributed by atoms with Crippen LogP contribution in [0.3, 0.4) is 0 Å². The first-order valence-corrected chi connectivity index (χ1v) is 7.07. The van der Waals surface area contributed by atoms with Gasteiger partial charge in [-0.05, 0) is 42.5 Å². The average Bonchev–Trinajstić information content (AvgIpc) is 2.61. The molecule has 1 aromatic heterocycles. The second-order valence-corrected chi connectivity index (χ2v) is 4.95. The Morgan fingerprint density at radius 2 is 1.74 bits per heavy atom. The molecule has 0 spiro atoms. The summed E-state index contributed by atoms with van der Waals surface area (Å²) in [4.78, 5) is 22.3. The molecular formula is C17H16N4O2. The Bertz CT molecular complexity index is 833. The minimum atomic E-state index is -0.238. The molecule has 0 saturated carbocycles. The van der Waals surface area contributed by atoms with Gasteiger partial charge in [-0.3, -0.25) is 14.9 Å². The molecule has 1 heterocycles. The summed E-state index contributed by atoms with van der Waals surface area (Å²) in [5.41, 5.74) is 2.96. The highest BCUT2D eigenvalue weighted by molar-refractivity contribution is 6.02. The summed E-state index contributed by atoms with van der Waals surface area (Å²) >= 11 is 0. The minimum Gasteiger partial charge on any atom is -0.497 e. The van der Waals surface area contributed by atoms with Crippen LogP contribution in [0.4, 0.5) is 16.2 Å². The maximum atomic E-state index is 12.4. The second kappa shape index (κ2) is 6.31. The van der Waals surface area contributed by atoms with E-state index in [0.29, 0.717) is 5.69 Å². The molecule has 1 N–H and O–H groups in total. The van der Waals surface area contributed by atoms with Crippen LogP contribution in [0.5, 0.6) is 5.75 Å². The van der Waals surface area contributed by atoms with Gasteiger partial charge in [-0.1, -0.05) is 0 Å². The molecule has 116 valence electrons. The number of aromatic nitrogens is 2. The average molecular weight is 308 g/mol. The Morgan fingerprint density at radius 1 is 1.04 bits per heavy atom. The van der Waals surface area contributed by atoms with E-state index >= 15 is 0 Å². The van der Waals surface area contributed by atoms with E-state index in [9.17, 15) is 4.79 Å². The van der Waals surface area contributed by atoms with Gasteiger partial charge in [0, 0.05) is 30.8 Å². The number of amides is 2. The number of fused-ring (bicyclic) bond motifs is 1. The van der Waals surface area contributed by atoms with Crippen molar-refractivity contribution in [2.45, 2.75) is 0 Å². The lowest BCUT2D eigenvalue weighted by Gasteiger charge is -2.18.